The first kappa shape index (κ1) is 14.8. The minimum Gasteiger partial charge on any atom is -0.373 e. The Balaban J connectivity index is 1.41. The highest BCUT2D eigenvalue weighted by Crippen LogP contribution is 2.49. The molecule has 0 spiro atoms. The Morgan fingerprint density at radius 2 is 1.76 bits per heavy atom. The van der Waals surface area contributed by atoms with Crippen LogP contribution < -0.4 is 4.90 Å². The second kappa shape index (κ2) is 5.26. The number of anilines is 1. The first-order chi connectivity index (χ1) is 12.1. The van der Waals surface area contributed by atoms with Crippen LogP contribution in [0.15, 0.2) is 36.5 Å². The van der Waals surface area contributed by atoms with Gasteiger partial charge < -0.3 is 4.74 Å². The normalized spacial score (nSPS) is 30.4. The Hall–Kier alpha value is -2.47. The molecule has 5 rings (SSSR count). The number of hydrogen-bond acceptors (Lipinski definition) is 4. The number of aryl methyl sites for hydroxylation is 1. The lowest BCUT2D eigenvalue weighted by Crippen LogP contribution is -2.34. The minimum atomic E-state index is -0.312. The van der Waals surface area contributed by atoms with Crippen LogP contribution in [0.2, 0.25) is 0 Å². The maximum atomic E-state index is 12.8. The van der Waals surface area contributed by atoms with Crippen LogP contribution in [0.5, 0.6) is 0 Å². The first-order valence-corrected chi connectivity index (χ1v) is 8.75. The number of aromatic nitrogens is 2. The highest BCUT2D eigenvalue weighted by atomic mass is 16.5. The number of imide groups is 1. The van der Waals surface area contributed by atoms with Crippen molar-refractivity contribution in [1.29, 1.82) is 0 Å². The summed E-state index contributed by atoms with van der Waals surface area (Å²) in [5.74, 6) is -0.496. The Labute approximate surface area is 145 Å². The number of carbonyl (C=O) groups excluding carboxylic acids is 2. The number of hydrogen-bond donors (Lipinski definition) is 0. The molecule has 0 N–H and O–H groups in total. The Morgan fingerprint density at radius 3 is 2.44 bits per heavy atom. The third-order valence-corrected chi connectivity index (χ3v) is 5.73. The smallest absolute Gasteiger partial charge is 0.241 e. The Morgan fingerprint density at radius 1 is 1.08 bits per heavy atom. The van der Waals surface area contributed by atoms with Gasteiger partial charge in [0.1, 0.15) is 0 Å². The van der Waals surface area contributed by atoms with Gasteiger partial charge in [-0.05, 0) is 30.9 Å². The van der Waals surface area contributed by atoms with Crippen molar-refractivity contribution in [2.45, 2.75) is 38.5 Å². The monoisotopic (exact) mass is 337 g/mol. The van der Waals surface area contributed by atoms with E-state index in [4.69, 9.17) is 4.74 Å². The third-order valence-electron chi connectivity index (χ3n) is 5.73. The van der Waals surface area contributed by atoms with E-state index in [2.05, 4.69) is 24.2 Å². The van der Waals surface area contributed by atoms with E-state index in [1.165, 1.54) is 16.0 Å². The number of carbonyl (C=O) groups is 2. The molecule has 3 aliphatic heterocycles. The Kier molecular flexibility index (Phi) is 3.12. The SMILES string of the molecule is Cc1ccccc1Cn1ccc(N2C(=O)[C@@H]3[C@@H](C2=O)[C@H]2CC[C@@H]3O2)n1. The van der Waals surface area contributed by atoms with Gasteiger partial charge >= 0.3 is 0 Å². The van der Waals surface area contributed by atoms with Crippen molar-refractivity contribution in [1.82, 2.24) is 9.78 Å². The van der Waals surface area contributed by atoms with Crippen molar-refractivity contribution in [2.75, 3.05) is 4.90 Å². The van der Waals surface area contributed by atoms with Gasteiger partial charge in [-0.1, -0.05) is 24.3 Å². The maximum absolute atomic E-state index is 12.8. The van der Waals surface area contributed by atoms with Crippen LogP contribution in [0.4, 0.5) is 5.82 Å². The molecular formula is C19H19N3O3. The molecule has 2 amide bonds. The molecule has 25 heavy (non-hydrogen) atoms. The molecule has 2 aromatic rings. The number of rotatable bonds is 3. The van der Waals surface area contributed by atoms with Crippen LogP contribution in [0.25, 0.3) is 0 Å². The van der Waals surface area contributed by atoms with Crippen molar-refractivity contribution >= 4 is 17.6 Å². The van der Waals surface area contributed by atoms with Crippen LogP contribution in [0.1, 0.15) is 24.0 Å². The van der Waals surface area contributed by atoms with Gasteiger partial charge in [0.05, 0.1) is 30.6 Å². The maximum Gasteiger partial charge on any atom is 0.241 e. The standard InChI is InChI=1S/C19H19N3O3/c1-11-4-2-3-5-12(11)10-21-9-8-15(20-21)22-18(23)16-13-6-7-14(25-13)17(16)19(22)24/h2-5,8-9,13-14,16-17H,6-7,10H2,1H3/t13-,14+,16-,17-/m0/s1. The van der Waals surface area contributed by atoms with E-state index in [0.29, 0.717) is 12.4 Å². The van der Waals surface area contributed by atoms with Crippen LogP contribution >= 0.6 is 0 Å². The van der Waals surface area contributed by atoms with Crippen molar-refractivity contribution in [2.24, 2.45) is 11.8 Å². The first-order valence-electron chi connectivity index (χ1n) is 8.75. The molecule has 0 radical (unpaired) electrons. The minimum absolute atomic E-state index is 0.0921. The summed E-state index contributed by atoms with van der Waals surface area (Å²) in [5, 5.41) is 4.49. The summed E-state index contributed by atoms with van der Waals surface area (Å²) in [6, 6.07) is 9.87. The zero-order valence-corrected chi connectivity index (χ0v) is 14.0. The largest absolute Gasteiger partial charge is 0.373 e. The molecule has 4 atom stereocenters. The van der Waals surface area contributed by atoms with Gasteiger partial charge in [0.2, 0.25) is 11.8 Å². The fourth-order valence-electron chi connectivity index (χ4n) is 4.46. The van der Waals surface area contributed by atoms with Gasteiger partial charge in [-0.3, -0.25) is 14.3 Å². The van der Waals surface area contributed by atoms with Crippen molar-refractivity contribution in [3.63, 3.8) is 0 Å². The molecule has 0 unspecified atom stereocenters. The summed E-state index contributed by atoms with van der Waals surface area (Å²) in [4.78, 5) is 26.8. The van der Waals surface area contributed by atoms with Crippen molar-refractivity contribution in [3.05, 3.63) is 47.7 Å². The van der Waals surface area contributed by atoms with Crippen molar-refractivity contribution < 1.29 is 14.3 Å². The average Bonchev–Trinajstić information content (AvgIpc) is 3.35. The van der Waals surface area contributed by atoms with E-state index in [1.54, 1.807) is 10.7 Å². The lowest BCUT2D eigenvalue weighted by atomic mass is 9.81. The second-order valence-electron chi connectivity index (χ2n) is 7.15. The predicted octanol–water partition coefficient (Wildman–Crippen LogP) is 1.91. The number of ether oxygens (including phenoxy) is 1. The molecule has 128 valence electrons. The van der Waals surface area contributed by atoms with Crippen LogP contribution in [-0.4, -0.2) is 33.8 Å². The van der Waals surface area contributed by atoms with E-state index < -0.39 is 0 Å². The summed E-state index contributed by atoms with van der Waals surface area (Å²) < 4.78 is 7.54. The van der Waals surface area contributed by atoms with Gasteiger partial charge in [0.25, 0.3) is 0 Å². The third kappa shape index (κ3) is 2.10. The number of nitrogens with zero attached hydrogens (tertiary/aromatic N) is 3. The van der Waals surface area contributed by atoms with E-state index in [0.717, 1.165) is 12.8 Å². The fraction of sp³-hybridized carbons (Fsp3) is 0.421. The lowest BCUT2D eigenvalue weighted by Gasteiger charge is -2.15. The summed E-state index contributed by atoms with van der Waals surface area (Å²) in [6.45, 7) is 2.67. The summed E-state index contributed by atoms with van der Waals surface area (Å²) in [5.41, 5.74) is 2.36. The molecule has 0 aliphatic carbocycles. The summed E-state index contributed by atoms with van der Waals surface area (Å²) in [7, 11) is 0. The lowest BCUT2D eigenvalue weighted by molar-refractivity contribution is -0.124. The van der Waals surface area contributed by atoms with Crippen molar-refractivity contribution in [3.8, 4) is 0 Å². The molecular weight excluding hydrogens is 318 g/mol. The highest BCUT2D eigenvalue weighted by Gasteiger charge is 2.63. The molecule has 3 aliphatic rings. The molecule has 4 heterocycles. The molecule has 6 heteroatoms. The molecule has 2 bridgehead atoms. The van der Waals surface area contributed by atoms with E-state index >= 15 is 0 Å². The Bertz CT molecular complexity index is 846. The summed E-state index contributed by atoms with van der Waals surface area (Å²) in [6.07, 6.45) is 3.39. The molecule has 0 saturated carbocycles. The molecule has 1 aromatic carbocycles. The quantitative estimate of drug-likeness (QED) is 0.803. The molecule has 3 saturated heterocycles. The second-order valence-corrected chi connectivity index (χ2v) is 7.15. The van der Waals surface area contributed by atoms with Gasteiger partial charge in [-0.25, -0.2) is 4.90 Å². The molecule has 3 fully saturated rings. The predicted molar refractivity (Wildman–Crippen MR) is 89.9 cm³/mol. The number of amides is 2. The van der Waals surface area contributed by atoms with Gasteiger partial charge in [-0.15, -0.1) is 0 Å². The van der Waals surface area contributed by atoms with Crippen LogP contribution in [0.3, 0.4) is 0 Å². The highest BCUT2D eigenvalue weighted by molar-refractivity contribution is 6.22. The average molecular weight is 337 g/mol. The van der Waals surface area contributed by atoms with E-state index in [9.17, 15) is 9.59 Å². The molecule has 1 aromatic heterocycles. The zero-order chi connectivity index (χ0) is 17.1. The van der Waals surface area contributed by atoms with Gasteiger partial charge in [0, 0.05) is 12.3 Å². The topological polar surface area (TPSA) is 64.4 Å². The number of fused-ring (bicyclic) bond motifs is 5. The zero-order valence-electron chi connectivity index (χ0n) is 14.0. The van der Waals surface area contributed by atoms with Gasteiger partial charge in [-0.2, -0.15) is 5.10 Å². The fourth-order valence-corrected chi connectivity index (χ4v) is 4.46. The van der Waals surface area contributed by atoms with Gasteiger partial charge in [0.15, 0.2) is 5.82 Å². The number of benzene rings is 1. The molecule has 6 nitrogen and oxygen atoms in total. The van der Waals surface area contributed by atoms with Crippen LogP contribution in [0, 0.1) is 18.8 Å². The van der Waals surface area contributed by atoms with E-state index in [-0.39, 0.29) is 35.9 Å². The van der Waals surface area contributed by atoms with E-state index in [1.807, 2.05) is 18.3 Å². The summed E-state index contributed by atoms with van der Waals surface area (Å²) >= 11 is 0. The van der Waals surface area contributed by atoms with Crippen LogP contribution in [-0.2, 0) is 20.9 Å².